The summed E-state index contributed by atoms with van der Waals surface area (Å²) in [4.78, 5) is 16.9. The summed E-state index contributed by atoms with van der Waals surface area (Å²) in [5.74, 6) is -0.0235. The number of rotatable bonds is 3. The van der Waals surface area contributed by atoms with E-state index in [1.807, 2.05) is 59.5 Å². The van der Waals surface area contributed by atoms with Gasteiger partial charge in [-0.1, -0.05) is 51.8 Å². The number of carbonyl (C=O) groups excluding carboxylic acids is 1. The molecule has 0 spiro atoms. The third-order valence-corrected chi connectivity index (χ3v) is 5.56. The highest BCUT2D eigenvalue weighted by molar-refractivity contribution is 9.10. The van der Waals surface area contributed by atoms with E-state index < -0.39 is 0 Å². The first-order chi connectivity index (χ1) is 13.1. The summed E-state index contributed by atoms with van der Waals surface area (Å²) in [6.45, 7) is 2.81. The molecule has 0 atom stereocenters. The van der Waals surface area contributed by atoms with E-state index in [0.29, 0.717) is 18.8 Å². The molecule has 2 aromatic carbocycles. The third kappa shape index (κ3) is 3.87. The second-order valence-electron chi connectivity index (χ2n) is 6.40. The van der Waals surface area contributed by atoms with Crippen LogP contribution in [0.2, 0.25) is 5.02 Å². The Hall–Kier alpha value is -2.31. The van der Waals surface area contributed by atoms with E-state index in [9.17, 15) is 4.79 Å². The number of para-hydroxylation sites is 1. The van der Waals surface area contributed by atoms with Gasteiger partial charge in [-0.15, -0.1) is 0 Å². The SMILES string of the molecule is O=C(c1cc(-c2ccc(Br)cc2)n[nH]1)N1CCN(c2ccccc2Cl)CC1. The van der Waals surface area contributed by atoms with E-state index in [0.717, 1.165) is 39.5 Å². The average Bonchev–Trinajstić information content (AvgIpc) is 3.19. The number of H-pyrrole nitrogens is 1. The van der Waals surface area contributed by atoms with Gasteiger partial charge in [-0.2, -0.15) is 5.10 Å². The molecule has 0 saturated carbocycles. The largest absolute Gasteiger partial charge is 0.367 e. The van der Waals surface area contributed by atoms with Crippen molar-refractivity contribution in [2.45, 2.75) is 0 Å². The molecule has 1 fully saturated rings. The van der Waals surface area contributed by atoms with Crippen LogP contribution in [0.4, 0.5) is 5.69 Å². The van der Waals surface area contributed by atoms with Crippen LogP contribution in [0.15, 0.2) is 59.1 Å². The van der Waals surface area contributed by atoms with Crippen molar-refractivity contribution >= 4 is 39.1 Å². The first-order valence-electron chi connectivity index (χ1n) is 8.72. The summed E-state index contributed by atoms with van der Waals surface area (Å²) in [6, 6.07) is 17.5. The van der Waals surface area contributed by atoms with Gasteiger partial charge in [0.2, 0.25) is 0 Å². The van der Waals surface area contributed by atoms with Crippen LogP contribution < -0.4 is 4.90 Å². The predicted molar refractivity (Wildman–Crippen MR) is 111 cm³/mol. The Morgan fingerprint density at radius 1 is 1.04 bits per heavy atom. The highest BCUT2D eigenvalue weighted by atomic mass is 79.9. The van der Waals surface area contributed by atoms with Crippen molar-refractivity contribution in [3.05, 3.63) is 69.8 Å². The second kappa shape index (κ2) is 7.74. The Labute approximate surface area is 171 Å². The van der Waals surface area contributed by atoms with Gasteiger partial charge in [0, 0.05) is 36.2 Å². The minimum atomic E-state index is -0.0235. The number of piperazine rings is 1. The molecule has 1 N–H and O–H groups in total. The summed E-state index contributed by atoms with van der Waals surface area (Å²) in [6.07, 6.45) is 0. The zero-order valence-electron chi connectivity index (χ0n) is 14.5. The first-order valence-corrected chi connectivity index (χ1v) is 9.89. The Morgan fingerprint density at radius 2 is 1.74 bits per heavy atom. The minimum absolute atomic E-state index is 0.0235. The highest BCUT2D eigenvalue weighted by Gasteiger charge is 2.24. The van der Waals surface area contributed by atoms with Crippen molar-refractivity contribution in [1.82, 2.24) is 15.1 Å². The Bertz CT molecular complexity index is 949. The molecule has 1 saturated heterocycles. The van der Waals surface area contributed by atoms with Crippen molar-refractivity contribution < 1.29 is 4.79 Å². The van der Waals surface area contributed by atoms with Crippen LogP contribution in [0.3, 0.4) is 0 Å². The number of aromatic nitrogens is 2. The van der Waals surface area contributed by atoms with Crippen molar-refractivity contribution in [1.29, 1.82) is 0 Å². The molecule has 138 valence electrons. The minimum Gasteiger partial charge on any atom is -0.367 e. The maximum Gasteiger partial charge on any atom is 0.272 e. The Kier molecular flexibility index (Phi) is 5.18. The molecule has 1 amide bonds. The maximum absolute atomic E-state index is 12.8. The summed E-state index contributed by atoms with van der Waals surface area (Å²) < 4.78 is 1.01. The monoisotopic (exact) mass is 444 g/mol. The lowest BCUT2D eigenvalue weighted by molar-refractivity contribution is 0.0741. The number of benzene rings is 2. The summed E-state index contributed by atoms with van der Waals surface area (Å²) in [7, 11) is 0. The molecular weight excluding hydrogens is 428 g/mol. The van der Waals surface area contributed by atoms with Crippen molar-refractivity contribution in [3.63, 3.8) is 0 Å². The lowest BCUT2D eigenvalue weighted by Crippen LogP contribution is -2.49. The van der Waals surface area contributed by atoms with E-state index in [1.54, 1.807) is 0 Å². The second-order valence-corrected chi connectivity index (χ2v) is 7.73. The van der Waals surface area contributed by atoms with Gasteiger partial charge in [-0.3, -0.25) is 9.89 Å². The topological polar surface area (TPSA) is 52.2 Å². The van der Waals surface area contributed by atoms with Crippen LogP contribution in [0.1, 0.15) is 10.5 Å². The van der Waals surface area contributed by atoms with Crippen LogP contribution in [0, 0.1) is 0 Å². The number of hydrogen-bond acceptors (Lipinski definition) is 3. The van der Waals surface area contributed by atoms with Gasteiger partial charge in [0.05, 0.1) is 16.4 Å². The average molecular weight is 446 g/mol. The molecule has 1 aliphatic heterocycles. The van der Waals surface area contributed by atoms with Crippen LogP contribution in [0.25, 0.3) is 11.3 Å². The molecule has 0 bridgehead atoms. The number of aromatic amines is 1. The molecule has 1 aliphatic rings. The maximum atomic E-state index is 12.8. The normalized spacial score (nSPS) is 14.4. The number of anilines is 1. The van der Waals surface area contributed by atoms with E-state index >= 15 is 0 Å². The van der Waals surface area contributed by atoms with E-state index in [4.69, 9.17) is 11.6 Å². The van der Waals surface area contributed by atoms with Crippen LogP contribution in [-0.4, -0.2) is 47.2 Å². The van der Waals surface area contributed by atoms with Gasteiger partial charge >= 0.3 is 0 Å². The molecule has 4 rings (SSSR count). The standard InChI is InChI=1S/C20H18BrClN4O/c21-15-7-5-14(6-8-15)17-13-18(24-23-17)20(27)26-11-9-25(10-12-26)19-4-2-1-3-16(19)22/h1-8,13H,9-12H2,(H,23,24). The van der Waals surface area contributed by atoms with E-state index in [-0.39, 0.29) is 5.91 Å². The number of halogens is 2. The van der Waals surface area contributed by atoms with Gasteiger partial charge in [-0.05, 0) is 30.3 Å². The lowest BCUT2D eigenvalue weighted by Gasteiger charge is -2.36. The third-order valence-electron chi connectivity index (χ3n) is 4.71. The van der Waals surface area contributed by atoms with Crippen LogP contribution in [0.5, 0.6) is 0 Å². The van der Waals surface area contributed by atoms with Crippen LogP contribution >= 0.6 is 27.5 Å². The smallest absolute Gasteiger partial charge is 0.272 e. The van der Waals surface area contributed by atoms with Gasteiger partial charge in [0.25, 0.3) is 5.91 Å². The Morgan fingerprint density at radius 3 is 2.44 bits per heavy atom. The zero-order valence-corrected chi connectivity index (χ0v) is 16.9. The van der Waals surface area contributed by atoms with Gasteiger partial charge in [0.1, 0.15) is 5.69 Å². The molecule has 3 aromatic rings. The summed E-state index contributed by atoms with van der Waals surface area (Å²) >= 11 is 9.71. The highest BCUT2D eigenvalue weighted by Crippen LogP contribution is 2.26. The molecule has 1 aromatic heterocycles. The van der Waals surface area contributed by atoms with E-state index in [2.05, 4.69) is 31.0 Å². The molecular formula is C20H18BrClN4O. The zero-order chi connectivity index (χ0) is 18.8. The predicted octanol–water partition coefficient (Wildman–Crippen LogP) is 4.46. The molecule has 0 unspecified atom stereocenters. The first kappa shape index (κ1) is 18.1. The van der Waals surface area contributed by atoms with Crippen molar-refractivity contribution in [2.75, 3.05) is 31.1 Å². The Balaban J connectivity index is 1.43. The number of nitrogens with one attached hydrogen (secondary N) is 1. The van der Waals surface area contributed by atoms with Gasteiger partial charge < -0.3 is 9.80 Å². The number of carbonyl (C=O) groups is 1. The van der Waals surface area contributed by atoms with Crippen molar-refractivity contribution in [3.8, 4) is 11.3 Å². The number of amides is 1. The molecule has 0 aliphatic carbocycles. The molecule has 0 radical (unpaired) electrons. The van der Waals surface area contributed by atoms with Gasteiger partial charge in [0.15, 0.2) is 0 Å². The molecule has 7 heteroatoms. The lowest BCUT2D eigenvalue weighted by atomic mass is 10.1. The van der Waals surface area contributed by atoms with E-state index in [1.165, 1.54) is 0 Å². The summed E-state index contributed by atoms with van der Waals surface area (Å²) in [5.41, 5.74) is 3.27. The molecule has 5 nitrogen and oxygen atoms in total. The number of hydrogen-bond donors (Lipinski definition) is 1. The van der Waals surface area contributed by atoms with Crippen molar-refractivity contribution in [2.24, 2.45) is 0 Å². The molecule has 27 heavy (non-hydrogen) atoms. The fourth-order valence-corrected chi connectivity index (χ4v) is 3.75. The number of nitrogens with zero attached hydrogens (tertiary/aromatic N) is 3. The summed E-state index contributed by atoms with van der Waals surface area (Å²) in [5, 5.41) is 7.91. The fraction of sp³-hybridized carbons (Fsp3) is 0.200. The molecule has 2 heterocycles. The quantitative estimate of drug-likeness (QED) is 0.648. The van der Waals surface area contributed by atoms with Crippen LogP contribution in [-0.2, 0) is 0 Å². The van der Waals surface area contributed by atoms with Gasteiger partial charge in [-0.25, -0.2) is 0 Å². The fourth-order valence-electron chi connectivity index (χ4n) is 3.23.